The highest BCUT2D eigenvalue weighted by molar-refractivity contribution is 7.92. The third-order valence-electron chi connectivity index (χ3n) is 5.17. The largest absolute Gasteiger partial charge is 0.350 e. The highest BCUT2D eigenvalue weighted by atomic mass is 35.5. The molecular weight excluding hydrogens is 493 g/mol. The van der Waals surface area contributed by atoms with Gasteiger partial charge < -0.3 is 10.2 Å². The van der Waals surface area contributed by atoms with Gasteiger partial charge in [0.1, 0.15) is 11.9 Å². The van der Waals surface area contributed by atoms with Crippen LogP contribution in [-0.2, 0) is 26.2 Å². The lowest BCUT2D eigenvalue weighted by atomic mass is 10.1. The van der Waals surface area contributed by atoms with Crippen molar-refractivity contribution in [1.29, 1.82) is 0 Å². The number of amides is 2. The predicted molar refractivity (Wildman–Crippen MR) is 137 cm³/mol. The molecule has 192 valence electrons. The average Bonchev–Trinajstić information content (AvgIpc) is 2.73. The summed E-state index contributed by atoms with van der Waals surface area (Å²) in [4.78, 5) is 27.6. The Morgan fingerprint density at radius 3 is 2.29 bits per heavy atom. The number of hydrogen-bond donors (Lipinski definition) is 1. The summed E-state index contributed by atoms with van der Waals surface area (Å²) in [5.74, 6) is -1.07. The first-order valence-corrected chi connectivity index (χ1v) is 13.5. The number of rotatable bonds is 10. The van der Waals surface area contributed by atoms with Gasteiger partial charge in [0.05, 0.1) is 11.9 Å². The number of nitrogens with zero attached hydrogens (tertiary/aromatic N) is 2. The van der Waals surface area contributed by atoms with Crippen molar-refractivity contribution in [3.8, 4) is 0 Å². The lowest BCUT2D eigenvalue weighted by Crippen LogP contribution is -2.52. The van der Waals surface area contributed by atoms with Gasteiger partial charge in [-0.3, -0.25) is 13.9 Å². The highest BCUT2D eigenvalue weighted by Crippen LogP contribution is 2.20. The van der Waals surface area contributed by atoms with E-state index in [0.29, 0.717) is 10.7 Å². The van der Waals surface area contributed by atoms with Crippen LogP contribution < -0.4 is 9.62 Å². The van der Waals surface area contributed by atoms with Crippen LogP contribution >= 0.6 is 11.6 Å². The summed E-state index contributed by atoms with van der Waals surface area (Å²) in [6.07, 6.45) is 1.28. The molecule has 10 heteroatoms. The van der Waals surface area contributed by atoms with Gasteiger partial charge in [-0.1, -0.05) is 23.7 Å². The molecule has 2 aromatic rings. The number of hydrogen-bond acceptors (Lipinski definition) is 4. The minimum absolute atomic E-state index is 0.0148. The molecule has 0 saturated carbocycles. The van der Waals surface area contributed by atoms with E-state index in [2.05, 4.69) is 5.32 Å². The van der Waals surface area contributed by atoms with Crippen LogP contribution in [0.3, 0.4) is 0 Å². The summed E-state index contributed by atoms with van der Waals surface area (Å²) in [5, 5.41) is 3.41. The van der Waals surface area contributed by atoms with Crippen LogP contribution in [0, 0.1) is 5.82 Å². The van der Waals surface area contributed by atoms with Gasteiger partial charge in [-0.2, -0.15) is 0 Å². The SMILES string of the molecule is C[C@@H](C(=O)NC(C)(C)C)N(Cc1cccc(Cl)c1)C(=O)CCCN(c1ccc(F)cc1)S(C)(=O)=O. The topological polar surface area (TPSA) is 86.8 Å². The maximum atomic E-state index is 13.3. The molecule has 35 heavy (non-hydrogen) atoms. The van der Waals surface area contributed by atoms with Gasteiger partial charge in [-0.25, -0.2) is 12.8 Å². The molecule has 0 saturated heterocycles. The summed E-state index contributed by atoms with van der Waals surface area (Å²) < 4.78 is 39.0. The van der Waals surface area contributed by atoms with Crippen molar-refractivity contribution in [1.82, 2.24) is 10.2 Å². The van der Waals surface area contributed by atoms with Gasteiger partial charge in [-0.05, 0) is 76.1 Å². The van der Waals surface area contributed by atoms with Crippen molar-refractivity contribution in [2.45, 2.75) is 58.7 Å². The molecule has 1 N–H and O–H groups in total. The normalized spacial score (nSPS) is 12.7. The van der Waals surface area contributed by atoms with E-state index in [1.54, 1.807) is 25.1 Å². The van der Waals surface area contributed by atoms with Gasteiger partial charge in [0.25, 0.3) is 0 Å². The van der Waals surface area contributed by atoms with Crippen LogP contribution in [0.4, 0.5) is 10.1 Å². The minimum Gasteiger partial charge on any atom is -0.350 e. The van der Waals surface area contributed by atoms with Crippen molar-refractivity contribution in [3.63, 3.8) is 0 Å². The van der Waals surface area contributed by atoms with Crippen LogP contribution in [-0.4, -0.2) is 49.5 Å². The number of benzene rings is 2. The Balaban J connectivity index is 2.18. The molecule has 0 heterocycles. The number of anilines is 1. The molecule has 0 radical (unpaired) electrons. The molecule has 0 unspecified atom stereocenters. The third kappa shape index (κ3) is 9.14. The molecule has 0 spiro atoms. The smallest absolute Gasteiger partial charge is 0.242 e. The van der Waals surface area contributed by atoms with Crippen molar-refractivity contribution in [2.75, 3.05) is 17.1 Å². The Morgan fingerprint density at radius 1 is 1.11 bits per heavy atom. The molecule has 1 atom stereocenters. The zero-order valence-corrected chi connectivity index (χ0v) is 22.3. The highest BCUT2D eigenvalue weighted by Gasteiger charge is 2.28. The number of halogens is 2. The van der Waals surface area contributed by atoms with E-state index in [1.165, 1.54) is 29.2 Å². The molecule has 0 bridgehead atoms. The molecule has 2 rings (SSSR count). The Labute approximate surface area is 212 Å². The summed E-state index contributed by atoms with van der Waals surface area (Å²) in [7, 11) is -3.65. The van der Waals surface area contributed by atoms with Crippen molar-refractivity contribution in [3.05, 3.63) is 64.9 Å². The Hall–Kier alpha value is -2.65. The van der Waals surface area contributed by atoms with E-state index in [1.807, 2.05) is 26.8 Å². The molecule has 0 aromatic heterocycles. The maximum Gasteiger partial charge on any atom is 0.242 e. The molecular formula is C25H33ClFN3O4S. The van der Waals surface area contributed by atoms with E-state index in [0.717, 1.165) is 16.1 Å². The Morgan fingerprint density at radius 2 is 1.74 bits per heavy atom. The van der Waals surface area contributed by atoms with Crippen LogP contribution in [0.2, 0.25) is 5.02 Å². The van der Waals surface area contributed by atoms with Gasteiger partial charge in [0.15, 0.2) is 0 Å². The summed E-state index contributed by atoms with van der Waals surface area (Å²) in [6.45, 7) is 7.43. The first kappa shape index (κ1) is 28.6. The van der Waals surface area contributed by atoms with Gasteiger partial charge in [0, 0.05) is 30.1 Å². The van der Waals surface area contributed by atoms with Crippen LogP contribution in [0.25, 0.3) is 0 Å². The minimum atomic E-state index is -3.65. The van der Waals surface area contributed by atoms with Crippen LogP contribution in [0.5, 0.6) is 0 Å². The lowest BCUT2D eigenvalue weighted by Gasteiger charge is -2.32. The van der Waals surface area contributed by atoms with Gasteiger partial charge >= 0.3 is 0 Å². The molecule has 0 aliphatic rings. The van der Waals surface area contributed by atoms with Crippen LogP contribution in [0.15, 0.2) is 48.5 Å². The fraction of sp³-hybridized carbons (Fsp3) is 0.440. The van der Waals surface area contributed by atoms with E-state index >= 15 is 0 Å². The predicted octanol–water partition coefficient (Wildman–Crippen LogP) is 4.36. The summed E-state index contributed by atoms with van der Waals surface area (Å²) in [6, 6.07) is 11.4. The van der Waals surface area contributed by atoms with E-state index in [4.69, 9.17) is 11.6 Å². The summed E-state index contributed by atoms with van der Waals surface area (Å²) >= 11 is 6.10. The summed E-state index contributed by atoms with van der Waals surface area (Å²) in [5.41, 5.74) is 0.613. The van der Waals surface area contributed by atoms with Gasteiger partial charge in [0.2, 0.25) is 21.8 Å². The first-order chi connectivity index (χ1) is 16.2. The third-order valence-corrected chi connectivity index (χ3v) is 6.60. The van der Waals surface area contributed by atoms with E-state index in [9.17, 15) is 22.4 Å². The lowest BCUT2D eigenvalue weighted by molar-refractivity contribution is -0.141. The van der Waals surface area contributed by atoms with E-state index in [-0.39, 0.29) is 37.7 Å². The average molecular weight is 526 g/mol. The van der Waals surface area contributed by atoms with Crippen molar-refractivity contribution in [2.24, 2.45) is 0 Å². The molecule has 2 aromatic carbocycles. The molecule has 0 aliphatic carbocycles. The Bertz CT molecular complexity index is 1130. The monoisotopic (exact) mass is 525 g/mol. The molecule has 0 aliphatic heterocycles. The van der Waals surface area contributed by atoms with Crippen molar-refractivity contribution < 1.29 is 22.4 Å². The molecule has 2 amide bonds. The standard InChI is InChI=1S/C25H33ClFN3O4S/c1-18(24(32)28-25(2,3)4)29(17-19-8-6-9-20(26)16-19)23(31)10-7-15-30(35(5,33)34)22-13-11-21(27)12-14-22/h6,8-9,11-14,16,18H,7,10,15,17H2,1-5H3,(H,28,32)/t18-/m0/s1. The van der Waals surface area contributed by atoms with Crippen molar-refractivity contribution >= 4 is 39.1 Å². The Kier molecular flexibility index (Phi) is 9.68. The second-order valence-electron chi connectivity index (χ2n) is 9.48. The number of carbonyl (C=O) groups is 2. The number of nitrogens with one attached hydrogen (secondary N) is 1. The van der Waals surface area contributed by atoms with E-state index < -0.39 is 27.4 Å². The fourth-order valence-corrected chi connectivity index (χ4v) is 4.68. The maximum absolute atomic E-state index is 13.3. The quantitative estimate of drug-likeness (QED) is 0.499. The molecule has 7 nitrogen and oxygen atoms in total. The molecule has 0 fully saturated rings. The zero-order chi connectivity index (χ0) is 26.4. The van der Waals surface area contributed by atoms with Crippen LogP contribution in [0.1, 0.15) is 46.1 Å². The second-order valence-corrected chi connectivity index (χ2v) is 11.8. The van der Waals surface area contributed by atoms with Gasteiger partial charge in [-0.15, -0.1) is 0 Å². The number of sulfonamides is 1. The fourth-order valence-electron chi connectivity index (χ4n) is 3.50. The number of carbonyl (C=O) groups excluding carboxylic acids is 2. The second kappa shape index (κ2) is 11.9. The zero-order valence-electron chi connectivity index (χ0n) is 20.7. The first-order valence-electron chi connectivity index (χ1n) is 11.3.